The van der Waals surface area contributed by atoms with Gasteiger partial charge in [-0.3, -0.25) is 4.99 Å². The average Bonchev–Trinajstić information content (AvgIpc) is 2.86. The van der Waals surface area contributed by atoms with E-state index in [0.717, 1.165) is 30.0 Å². The summed E-state index contributed by atoms with van der Waals surface area (Å²) in [5.74, 6) is 1.17. The first-order chi connectivity index (χ1) is 16.8. The van der Waals surface area contributed by atoms with Crippen LogP contribution in [0.25, 0.3) is 0 Å². The van der Waals surface area contributed by atoms with E-state index in [2.05, 4.69) is 11.9 Å². The van der Waals surface area contributed by atoms with Gasteiger partial charge < -0.3 is 9.84 Å². The summed E-state index contributed by atoms with van der Waals surface area (Å²) >= 11 is 0. The number of benzene rings is 2. The molecule has 0 fully saturated rings. The fourth-order valence-corrected chi connectivity index (χ4v) is 4.18. The number of phenols is 1. The van der Waals surface area contributed by atoms with Crippen LogP contribution in [-0.2, 0) is 0 Å². The summed E-state index contributed by atoms with van der Waals surface area (Å²) < 4.78 is 5.88. The third-order valence-electron chi connectivity index (χ3n) is 6.36. The Hall–Kier alpha value is -2.29. The van der Waals surface area contributed by atoms with Gasteiger partial charge in [0, 0.05) is 6.21 Å². The number of ether oxygens (including phenoxy) is 1. The quantitative estimate of drug-likeness (QED) is 0.156. The van der Waals surface area contributed by atoms with E-state index < -0.39 is 0 Å². The molecular weight excluding hydrogens is 418 g/mol. The zero-order chi connectivity index (χ0) is 24.1. The molecule has 0 amide bonds. The van der Waals surface area contributed by atoms with Crippen LogP contribution in [0.3, 0.4) is 0 Å². The zero-order valence-electron chi connectivity index (χ0n) is 21.5. The minimum Gasteiger partial charge on any atom is -0.508 e. The molecular formula is C31H47NO2. The van der Waals surface area contributed by atoms with Gasteiger partial charge in [-0.05, 0) is 60.5 Å². The lowest BCUT2D eigenvalue weighted by Gasteiger charge is -2.06. The fraction of sp³-hybridized carbons (Fsp3) is 0.581. The number of hydrogen-bond donors (Lipinski definition) is 1. The molecule has 0 heterocycles. The summed E-state index contributed by atoms with van der Waals surface area (Å²) in [6, 6.07) is 14.9. The van der Waals surface area contributed by atoms with Gasteiger partial charge in [0.05, 0.1) is 12.3 Å². The van der Waals surface area contributed by atoms with Crippen molar-refractivity contribution in [3.8, 4) is 11.5 Å². The smallest absolute Gasteiger partial charge is 0.119 e. The van der Waals surface area contributed by atoms with Gasteiger partial charge in [0.1, 0.15) is 11.5 Å². The van der Waals surface area contributed by atoms with Gasteiger partial charge in [-0.15, -0.1) is 0 Å². The molecule has 1 N–H and O–H groups in total. The third kappa shape index (κ3) is 14.1. The Morgan fingerprint density at radius 3 is 1.59 bits per heavy atom. The van der Waals surface area contributed by atoms with Crippen LogP contribution in [0.15, 0.2) is 53.5 Å². The molecule has 0 aromatic heterocycles. The van der Waals surface area contributed by atoms with Gasteiger partial charge in [0.2, 0.25) is 0 Å². The van der Waals surface area contributed by atoms with E-state index in [-0.39, 0.29) is 5.75 Å². The molecule has 2 aromatic carbocycles. The highest BCUT2D eigenvalue weighted by Crippen LogP contribution is 2.19. The zero-order valence-corrected chi connectivity index (χ0v) is 21.5. The highest BCUT2D eigenvalue weighted by Gasteiger charge is 1.97. The third-order valence-corrected chi connectivity index (χ3v) is 6.36. The minimum absolute atomic E-state index is 0.267. The van der Waals surface area contributed by atoms with Gasteiger partial charge in [-0.25, -0.2) is 0 Å². The number of aromatic hydroxyl groups is 1. The molecule has 0 unspecified atom stereocenters. The first-order valence-electron chi connectivity index (χ1n) is 13.8. The standard InChI is InChI=1S/C31H47NO2/c1-2-3-4-5-6-7-8-9-10-11-12-13-14-15-16-17-26-34-31-24-20-29(21-25-31)32-27-28-18-22-30(33)23-19-28/h18-25,27,33H,2-17,26H2,1H3/b32-27+. The van der Waals surface area contributed by atoms with Crippen LogP contribution < -0.4 is 4.74 Å². The summed E-state index contributed by atoms with van der Waals surface area (Å²) in [4.78, 5) is 4.47. The van der Waals surface area contributed by atoms with E-state index in [0.29, 0.717) is 0 Å². The first kappa shape index (κ1) is 28.0. The molecule has 188 valence electrons. The van der Waals surface area contributed by atoms with Crippen molar-refractivity contribution in [3.63, 3.8) is 0 Å². The summed E-state index contributed by atoms with van der Waals surface area (Å²) in [5.41, 5.74) is 1.85. The number of phenolic OH excluding ortho intramolecular Hbond substituents is 1. The van der Waals surface area contributed by atoms with Crippen LogP contribution in [-0.4, -0.2) is 17.9 Å². The largest absolute Gasteiger partial charge is 0.508 e. The summed E-state index contributed by atoms with van der Waals surface area (Å²) in [6.45, 7) is 3.07. The van der Waals surface area contributed by atoms with Crippen molar-refractivity contribution in [2.45, 2.75) is 110 Å². The molecule has 0 atom stereocenters. The normalized spacial score (nSPS) is 11.3. The topological polar surface area (TPSA) is 41.8 Å². The van der Waals surface area contributed by atoms with Crippen LogP contribution in [0.1, 0.15) is 115 Å². The second kappa shape index (κ2) is 19.1. The number of aliphatic imine (C=N–C) groups is 1. The molecule has 0 spiro atoms. The summed E-state index contributed by atoms with van der Waals surface area (Å²) in [6.07, 6.45) is 24.0. The Morgan fingerprint density at radius 2 is 1.09 bits per heavy atom. The van der Waals surface area contributed by atoms with Crippen molar-refractivity contribution in [3.05, 3.63) is 54.1 Å². The monoisotopic (exact) mass is 465 g/mol. The Labute approximate surface area is 208 Å². The van der Waals surface area contributed by atoms with Gasteiger partial charge in [-0.1, -0.05) is 103 Å². The van der Waals surface area contributed by atoms with Crippen molar-refractivity contribution in [2.75, 3.05) is 6.61 Å². The second-order valence-electron chi connectivity index (χ2n) is 9.50. The average molecular weight is 466 g/mol. The van der Waals surface area contributed by atoms with Crippen molar-refractivity contribution < 1.29 is 9.84 Å². The highest BCUT2D eigenvalue weighted by molar-refractivity contribution is 5.82. The maximum absolute atomic E-state index is 9.33. The fourth-order valence-electron chi connectivity index (χ4n) is 4.18. The number of nitrogens with zero attached hydrogens (tertiary/aromatic N) is 1. The molecule has 3 nitrogen and oxygen atoms in total. The molecule has 2 aromatic rings. The maximum Gasteiger partial charge on any atom is 0.119 e. The van der Waals surface area contributed by atoms with Crippen LogP contribution in [0.2, 0.25) is 0 Å². The Bertz CT molecular complexity index is 752. The van der Waals surface area contributed by atoms with Gasteiger partial charge in [0.25, 0.3) is 0 Å². The van der Waals surface area contributed by atoms with Crippen LogP contribution in [0.4, 0.5) is 5.69 Å². The predicted octanol–water partition coefficient (Wildman–Crippen LogP) is 9.78. The van der Waals surface area contributed by atoms with Crippen molar-refractivity contribution in [2.24, 2.45) is 4.99 Å². The Balaban J connectivity index is 1.39. The molecule has 0 saturated heterocycles. The van der Waals surface area contributed by atoms with Gasteiger partial charge in [0.15, 0.2) is 0 Å². The van der Waals surface area contributed by atoms with E-state index in [1.54, 1.807) is 18.3 Å². The molecule has 0 aliphatic rings. The molecule has 0 aliphatic carbocycles. The van der Waals surface area contributed by atoms with Crippen molar-refractivity contribution in [1.82, 2.24) is 0 Å². The molecule has 0 bridgehead atoms. The number of rotatable bonds is 20. The van der Waals surface area contributed by atoms with Crippen molar-refractivity contribution >= 4 is 11.9 Å². The molecule has 0 aliphatic heterocycles. The lowest BCUT2D eigenvalue weighted by Crippen LogP contribution is -1.97. The molecule has 0 saturated carbocycles. The van der Waals surface area contributed by atoms with Crippen molar-refractivity contribution in [1.29, 1.82) is 0 Å². The van der Waals surface area contributed by atoms with Gasteiger partial charge in [-0.2, -0.15) is 0 Å². The van der Waals surface area contributed by atoms with E-state index in [1.165, 1.54) is 96.3 Å². The van der Waals surface area contributed by atoms with Gasteiger partial charge >= 0.3 is 0 Å². The number of hydrogen-bond acceptors (Lipinski definition) is 3. The minimum atomic E-state index is 0.267. The van der Waals surface area contributed by atoms with Crippen LogP contribution >= 0.6 is 0 Å². The van der Waals surface area contributed by atoms with E-state index >= 15 is 0 Å². The van der Waals surface area contributed by atoms with E-state index in [9.17, 15) is 5.11 Å². The highest BCUT2D eigenvalue weighted by atomic mass is 16.5. The lowest BCUT2D eigenvalue weighted by molar-refractivity contribution is 0.304. The predicted molar refractivity (Wildman–Crippen MR) is 147 cm³/mol. The molecule has 0 radical (unpaired) electrons. The van der Waals surface area contributed by atoms with Crippen LogP contribution in [0, 0.1) is 0 Å². The molecule has 2 rings (SSSR count). The first-order valence-corrected chi connectivity index (χ1v) is 13.8. The SMILES string of the molecule is CCCCCCCCCCCCCCCCCCOc1ccc(/N=C/c2ccc(O)cc2)cc1. The molecule has 3 heteroatoms. The van der Waals surface area contributed by atoms with E-state index in [1.807, 2.05) is 36.4 Å². The summed E-state index contributed by atoms with van der Waals surface area (Å²) in [7, 11) is 0. The summed E-state index contributed by atoms with van der Waals surface area (Å²) in [5, 5.41) is 9.33. The lowest BCUT2D eigenvalue weighted by atomic mass is 10.0. The molecule has 34 heavy (non-hydrogen) atoms. The van der Waals surface area contributed by atoms with Crippen LogP contribution in [0.5, 0.6) is 11.5 Å². The Morgan fingerprint density at radius 1 is 0.618 bits per heavy atom. The maximum atomic E-state index is 9.33. The Kier molecular flexibility index (Phi) is 15.7. The number of unbranched alkanes of at least 4 members (excludes halogenated alkanes) is 15. The second-order valence-corrected chi connectivity index (χ2v) is 9.50. The van der Waals surface area contributed by atoms with E-state index in [4.69, 9.17) is 4.74 Å².